The Labute approximate surface area is 187 Å². The van der Waals surface area contributed by atoms with Crippen molar-refractivity contribution >= 4 is 5.97 Å². The van der Waals surface area contributed by atoms with Crippen LogP contribution in [0.1, 0.15) is 79.6 Å². The number of carboxylic acid groups (broad SMARTS) is 1. The lowest BCUT2D eigenvalue weighted by Gasteiger charge is -2.65. The lowest BCUT2D eigenvalue weighted by atomic mass is 9.41. The first kappa shape index (κ1) is 23.5. The Balaban J connectivity index is 1.64. The molecule has 4 N–H and O–H groups in total. The van der Waals surface area contributed by atoms with Crippen LogP contribution in [0.5, 0.6) is 0 Å². The fraction of sp³-hybridized carbons (Fsp3) is 0.962. The van der Waals surface area contributed by atoms with Gasteiger partial charge in [0.25, 0.3) is 0 Å². The van der Waals surface area contributed by atoms with Crippen LogP contribution in [0.25, 0.3) is 0 Å². The first-order chi connectivity index (χ1) is 14.4. The largest absolute Gasteiger partial charge is 0.481 e. The number of aliphatic hydroxyl groups is 3. The molecule has 4 rings (SSSR count). The first-order valence-corrected chi connectivity index (χ1v) is 12.7. The lowest BCUT2D eigenvalue weighted by molar-refractivity contribution is -0.225. The minimum Gasteiger partial charge on any atom is -0.481 e. The number of fused-ring (bicyclic) bond motifs is 5. The maximum Gasteiger partial charge on any atom is 0.306 e. The summed E-state index contributed by atoms with van der Waals surface area (Å²) in [5.41, 5.74) is -0.205. The van der Waals surface area contributed by atoms with Crippen molar-refractivity contribution in [2.75, 3.05) is 0 Å². The van der Waals surface area contributed by atoms with E-state index < -0.39 is 18.2 Å². The molecule has 0 saturated heterocycles. The zero-order chi connectivity index (χ0) is 22.9. The van der Waals surface area contributed by atoms with Gasteiger partial charge in [-0.3, -0.25) is 4.79 Å². The van der Waals surface area contributed by atoms with Gasteiger partial charge in [0.15, 0.2) is 0 Å². The molecule has 0 spiro atoms. The number of carbonyl (C=O) groups is 1. The van der Waals surface area contributed by atoms with E-state index in [1.807, 2.05) is 0 Å². The second-order valence-electron chi connectivity index (χ2n) is 12.4. The van der Waals surface area contributed by atoms with Gasteiger partial charge in [0.2, 0.25) is 0 Å². The summed E-state index contributed by atoms with van der Waals surface area (Å²) in [5.74, 6) is 0.614. The SMILES string of the molecule is C[C@H]1[C@@H](O)C2C3CC[C@H]([C@H](C)C[C@H](C)C(=O)O)[C@@]3(C)[C@@H](O)CC2[C@@]2(C)CC[C@@H](O)C[C@@H]12. The Morgan fingerprint density at radius 2 is 1.68 bits per heavy atom. The van der Waals surface area contributed by atoms with Gasteiger partial charge < -0.3 is 20.4 Å². The minimum atomic E-state index is -0.745. The van der Waals surface area contributed by atoms with Crippen molar-refractivity contribution in [2.45, 2.75) is 97.9 Å². The maximum atomic E-state index is 11.6. The van der Waals surface area contributed by atoms with Crippen LogP contribution in [0.15, 0.2) is 0 Å². The maximum absolute atomic E-state index is 11.6. The van der Waals surface area contributed by atoms with E-state index in [1.54, 1.807) is 6.92 Å². The third kappa shape index (κ3) is 3.40. The summed E-state index contributed by atoms with van der Waals surface area (Å²) in [4.78, 5) is 11.4. The average Bonchev–Trinajstić information content (AvgIpc) is 3.06. The number of hydrogen-bond acceptors (Lipinski definition) is 4. The molecule has 0 bridgehead atoms. The van der Waals surface area contributed by atoms with Gasteiger partial charge in [-0.05, 0) is 97.2 Å². The molecule has 13 atom stereocenters. The van der Waals surface area contributed by atoms with Gasteiger partial charge in [-0.25, -0.2) is 0 Å². The summed E-state index contributed by atoms with van der Waals surface area (Å²) in [6, 6.07) is 0. The van der Waals surface area contributed by atoms with E-state index in [9.17, 15) is 25.2 Å². The molecule has 0 aromatic heterocycles. The van der Waals surface area contributed by atoms with Crippen molar-refractivity contribution in [3.63, 3.8) is 0 Å². The second-order valence-corrected chi connectivity index (χ2v) is 12.4. The van der Waals surface area contributed by atoms with Crippen molar-refractivity contribution in [2.24, 2.45) is 58.2 Å². The van der Waals surface area contributed by atoms with E-state index in [2.05, 4.69) is 27.7 Å². The van der Waals surface area contributed by atoms with E-state index in [-0.39, 0.29) is 58.4 Å². The topological polar surface area (TPSA) is 98.0 Å². The van der Waals surface area contributed by atoms with E-state index in [4.69, 9.17) is 0 Å². The number of hydrogen-bond donors (Lipinski definition) is 4. The van der Waals surface area contributed by atoms with Gasteiger partial charge in [-0.15, -0.1) is 0 Å². The molecule has 5 nitrogen and oxygen atoms in total. The van der Waals surface area contributed by atoms with Crippen LogP contribution < -0.4 is 0 Å². The molecule has 0 amide bonds. The van der Waals surface area contributed by atoms with Gasteiger partial charge in [0.1, 0.15) is 0 Å². The lowest BCUT2D eigenvalue weighted by Crippen LogP contribution is -2.64. The van der Waals surface area contributed by atoms with Gasteiger partial charge in [-0.1, -0.05) is 34.6 Å². The molecule has 4 fully saturated rings. The first-order valence-electron chi connectivity index (χ1n) is 12.7. The standard InChI is InChI=1S/C26H44O5/c1-13(10-14(2)24(30)31)17-6-7-18-22-20(12-21(28)26(17,18)5)25(4)9-8-16(27)11-19(25)15(3)23(22)29/h13-23,27-29H,6-12H2,1-5H3,(H,30,31)/t13-,14+,15-,16-,17-,18?,19+,20?,21+,22?,23-,25+,26-/m1/s1. The second kappa shape index (κ2) is 7.99. The molecular weight excluding hydrogens is 392 g/mol. The van der Waals surface area contributed by atoms with E-state index >= 15 is 0 Å². The summed E-state index contributed by atoms with van der Waals surface area (Å²) < 4.78 is 0. The molecule has 31 heavy (non-hydrogen) atoms. The Bertz CT molecular complexity index is 695. The van der Waals surface area contributed by atoms with Crippen molar-refractivity contribution in [1.29, 1.82) is 0 Å². The summed E-state index contributed by atoms with van der Waals surface area (Å²) in [7, 11) is 0. The Hall–Kier alpha value is -0.650. The highest BCUT2D eigenvalue weighted by molar-refractivity contribution is 5.69. The zero-order valence-corrected chi connectivity index (χ0v) is 20.0. The molecule has 4 saturated carbocycles. The van der Waals surface area contributed by atoms with Crippen LogP contribution in [0, 0.1) is 58.2 Å². The molecule has 4 aliphatic rings. The fourth-order valence-electron chi connectivity index (χ4n) is 9.40. The Morgan fingerprint density at radius 1 is 1.00 bits per heavy atom. The molecule has 0 heterocycles. The molecule has 0 aromatic carbocycles. The van der Waals surface area contributed by atoms with Crippen LogP contribution >= 0.6 is 0 Å². The van der Waals surface area contributed by atoms with Gasteiger partial charge in [0.05, 0.1) is 24.2 Å². The van der Waals surface area contributed by atoms with E-state index in [0.717, 1.165) is 38.5 Å². The normalized spacial score (nSPS) is 53.7. The summed E-state index contributed by atoms with van der Waals surface area (Å²) in [6.45, 7) is 10.7. The molecule has 0 aromatic rings. The van der Waals surface area contributed by atoms with Crippen molar-refractivity contribution in [3.05, 3.63) is 0 Å². The Morgan fingerprint density at radius 3 is 2.32 bits per heavy atom. The summed E-state index contributed by atoms with van der Waals surface area (Å²) >= 11 is 0. The summed E-state index contributed by atoms with van der Waals surface area (Å²) in [6.07, 6.45) is 4.87. The van der Waals surface area contributed by atoms with Crippen LogP contribution in [-0.4, -0.2) is 44.7 Å². The van der Waals surface area contributed by atoms with Crippen LogP contribution in [0.3, 0.4) is 0 Å². The number of carboxylic acids is 1. The van der Waals surface area contributed by atoms with Gasteiger partial charge in [0, 0.05) is 0 Å². The van der Waals surface area contributed by atoms with Crippen LogP contribution in [0.4, 0.5) is 0 Å². The van der Waals surface area contributed by atoms with Crippen LogP contribution in [-0.2, 0) is 4.79 Å². The summed E-state index contributed by atoms with van der Waals surface area (Å²) in [5, 5.41) is 42.9. The predicted octanol–water partition coefficient (Wildman–Crippen LogP) is 3.94. The molecule has 4 aliphatic carbocycles. The molecule has 178 valence electrons. The third-order valence-electron chi connectivity index (χ3n) is 11.1. The van der Waals surface area contributed by atoms with Crippen molar-refractivity contribution in [3.8, 4) is 0 Å². The molecular formula is C26H44O5. The van der Waals surface area contributed by atoms with E-state index in [1.165, 1.54) is 0 Å². The average molecular weight is 437 g/mol. The smallest absolute Gasteiger partial charge is 0.306 e. The molecule has 5 heteroatoms. The molecule has 0 aliphatic heterocycles. The highest BCUT2D eigenvalue weighted by atomic mass is 16.4. The zero-order valence-electron chi connectivity index (χ0n) is 20.0. The molecule has 0 radical (unpaired) electrons. The van der Waals surface area contributed by atoms with Gasteiger partial charge >= 0.3 is 5.97 Å². The number of rotatable bonds is 4. The minimum absolute atomic E-state index is 0.0619. The predicted molar refractivity (Wildman–Crippen MR) is 119 cm³/mol. The molecule has 3 unspecified atom stereocenters. The van der Waals surface area contributed by atoms with E-state index in [0.29, 0.717) is 12.3 Å². The van der Waals surface area contributed by atoms with Crippen molar-refractivity contribution < 1.29 is 25.2 Å². The highest BCUT2D eigenvalue weighted by Gasteiger charge is 2.67. The fourth-order valence-corrected chi connectivity index (χ4v) is 9.40. The highest BCUT2D eigenvalue weighted by Crippen LogP contribution is 2.69. The van der Waals surface area contributed by atoms with Crippen LogP contribution in [0.2, 0.25) is 0 Å². The quantitative estimate of drug-likeness (QED) is 0.535. The Kier molecular flexibility index (Phi) is 6.06. The number of aliphatic hydroxyl groups excluding tert-OH is 3. The number of aliphatic carboxylic acids is 1. The van der Waals surface area contributed by atoms with Crippen molar-refractivity contribution in [1.82, 2.24) is 0 Å². The van der Waals surface area contributed by atoms with Gasteiger partial charge in [-0.2, -0.15) is 0 Å². The monoisotopic (exact) mass is 436 g/mol. The third-order valence-corrected chi connectivity index (χ3v) is 11.1.